The molecule has 0 bridgehead atoms. The maximum Gasteiger partial charge on any atom is 0.323 e. The van der Waals surface area contributed by atoms with Crippen LogP contribution in [0.15, 0.2) is 0 Å². The lowest BCUT2D eigenvalue weighted by atomic mass is 9.98. The van der Waals surface area contributed by atoms with E-state index in [1.165, 1.54) is 6.42 Å². The van der Waals surface area contributed by atoms with Gasteiger partial charge in [-0.2, -0.15) is 11.8 Å². The number of carboxylic acid groups (broad SMARTS) is 1. The third kappa shape index (κ3) is 4.47. The van der Waals surface area contributed by atoms with Crippen molar-refractivity contribution >= 4 is 17.7 Å². The van der Waals surface area contributed by atoms with Crippen molar-refractivity contribution in [1.29, 1.82) is 0 Å². The van der Waals surface area contributed by atoms with Crippen molar-refractivity contribution in [3.63, 3.8) is 0 Å². The van der Waals surface area contributed by atoms with Gasteiger partial charge in [0.05, 0.1) is 0 Å². The van der Waals surface area contributed by atoms with Crippen LogP contribution in [0.2, 0.25) is 0 Å². The van der Waals surface area contributed by atoms with E-state index in [1.807, 2.05) is 11.8 Å². The Morgan fingerprint density at radius 1 is 1.56 bits per heavy atom. The van der Waals surface area contributed by atoms with Gasteiger partial charge in [-0.3, -0.25) is 4.79 Å². The number of aliphatic carboxylic acids is 1. The molecule has 3 nitrogen and oxygen atoms in total. The first-order valence-corrected chi connectivity index (χ1v) is 8.15. The minimum atomic E-state index is -0.664. The first-order valence-electron chi connectivity index (χ1n) is 7.10. The third-order valence-electron chi connectivity index (χ3n) is 3.64. The summed E-state index contributed by atoms with van der Waals surface area (Å²) in [7, 11) is 0. The summed E-state index contributed by atoms with van der Waals surface area (Å²) in [5.41, 5.74) is -0.647. The van der Waals surface area contributed by atoms with Gasteiger partial charge in [0, 0.05) is 5.25 Å². The highest BCUT2D eigenvalue weighted by molar-refractivity contribution is 7.99. The fourth-order valence-electron chi connectivity index (χ4n) is 2.41. The number of carbonyl (C=O) groups is 1. The number of nitrogens with one attached hydrogen (secondary N) is 1. The van der Waals surface area contributed by atoms with E-state index < -0.39 is 11.5 Å². The van der Waals surface area contributed by atoms with Gasteiger partial charge >= 0.3 is 5.97 Å². The molecule has 1 fully saturated rings. The molecule has 1 saturated carbocycles. The van der Waals surface area contributed by atoms with Crippen LogP contribution in [0.5, 0.6) is 0 Å². The largest absolute Gasteiger partial charge is 0.480 e. The van der Waals surface area contributed by atoms with Crippen molar-refractivity contribution in [3.05, 3.63) is 0 Å². The van der Waals surface area contributed by atoms with Crippen LogP contribution in [0, 0.1) is 5.92 Å². The third-order valence-corrected chi connectivity index (χ3v) is 4.99. The predicted molar refractivity (Wildman–Crippen MR) is 78.2 cm³/mol. The van der Waals surface area contributed by atoms with Crippen molar-refractivity contribution in [1.82, 2.24) is 5.32 Å². The maximum absolute atomic E-state index is 11.5. The van der Waals surface area contributed by atoms with Crippen LogP contribution in [0.25, 0.3) is 0 Å². The van der Waals surface area contributed by atoms with Gasteiger partial charge in [-0.15, -0.1) is 0 Å². The molecule has 1 aliphatic carbocycles. The predicted octanol–water partition coefficient (Wildman–Crippen LogP) is 3.14. The zero-order valence-electron chi connectivity index (χ0n) is 11.9. The molecule has 0 aromatic carbocycles. The second-order valence-electron chi connectivity index (χ2n) is 5.73. The molecule has 1 rings (SSSR count). The average molecular weight is 273 g/mol. The van der Waals surface area contributed by atoms with E-state index in [4.69, 9.17) is 0 Å². The molecule has 106 valence electrons. The Morgan fingerprint density at radius 3 is 2.83 bits per heavy atom. The zero-order chi connectivity index (χ0) is 13.6. The topological polar surface area (TPSA) is 49.3 Å². The number of carboxylic acids is 1. The summed E-state index contributed by atoms with van der Waals surface area (Å²) >= 11 is 1.96. The molecule has 0 heterocycles. The molecule has 0 aromatic heterocycles. The minimum Gasteiger partial charge on any atom is -0.480 e. The van der Waals surface area contributed by atoms with E-state index >= 15 is 0 Å². The van der Waals surface area contributed by atoms with Gasteiger partial charge in [0.25, 0.3) is 0 Å². The summed E-state index contributed by atoms with van der Waals surface area (Å²) in [5.74, 6) is 1.23. The van der Waals surface area contributed by atoms with Crippen LogP contribution in [0.4, 0.5) is 0 Å². The molecule has 18 heavy (non-hydrogen) atoms. The van der Waals surface area contributed by atoms with Gasteiger partial charge in [0.2, 0.25) is 0 Å². The fourth-order valence-corrected chi connectivity index (χ4v) is 4.04. The number of hydrogen-bond donors (Lipinski definition) is 2. The fraction of sp³-hybridized carbons (Fsp3) is 0.929. The molecule has 2 N–H and O–H groups in total. The van der Waals surface area contributed by atoms with Crippen LogP contribution >= 0.6 is 11.8 Å². The summed E-state index contributed by atoms with van der Waals surface area (Å²) in [5, 5.41) is 13.2. The lowest BCUT2D eigenvalue weighted by Crippen LogP contribution is -2.50. The first kappa shape index (κ1) is 15.8. The molecule has 0 aromatic rings. The second-order valence-corrected chi connectivity index (χ2v) is 7.14. The highest BCUT2D eigenvalue weighted by atomic mass is 32.2. The van der Waals surface area contributed by atoms with E-state index in [1.54, 1.807) is 0 Å². The number of thioether (sulfide) groups is 1. The zero-order valence-corrected chi connectivity index (χ0v) is 12.7. The molecular formula is C14H27NO2S. The Morgan fingerprint density at radius 2 is 2.28 bits per heavy atom. The molecule has 0 saturated heterocycles. The lowest BCUT2D eigenvalue weighted by Gasteiger charge is -2.25. The van der Waals surface area contributed by atoms with Crippen LogP contribution in [0.1, 0.15) is 52.9 Å². The monoisotopic (exact) mass is 273 g/mol. The van der Waals surface area contributed by atoms with E-state index in [9.17, 15) is 9.90 Å². The van der Waals surface area contributed by atoms with Crippen molar-refractivity contribution in [2.75, 3.05) is 12.3 Å². The lowest BCUT2D eigenvalue weighted by molar-refractivity contribution is -0.144. The molecule has 2 unspecified atom stereocenters. The molecule has 0 aliphatic heterocycles. The van der Waals surface area contributed by atoms with E-state index in [2.05, 4.69) is 26.1 Å². The summed E-state index contributed by atoms with van der Waals surface area (Å²) in [6.45, 7) is 7.35. The van der Waals surface area contributed by atoms with Crippen LogP contribution in [-0.2, 0) is 4.79 Å². The molecular weight excluding hydrogens is 246 g/mol. The summed E-state index contributed by atoms with van der Waals surface area (Å²) in [6, 6.07) is 0. The molecule has 0 radical (unpaired) electrons. The summed E-state index contributed by atoms with van der Waals surface area (Å²) in [6.07, 6.45) is 4.81. The maximum atomic E-state index is 11.5. The Hall–Kier alpha value is -0.220. The second kappa shape index (κ2) is 7.39. The van der Waals surface area contributed by atoms with E-state index in [0.717, 1.165) is 43.9 Å². The first-order chi connectivity index (χ1) is 8.50. The van der Waals surface area contributed by atoms with Gasteiger partial charge in [-0.1, -0.05) is 20.8 Å². The minimum absolute atomic E-state index is 0.518. The quantitative estimate of drug-likeness (QED) is 0.713. The van der Waals surface area contributed by atoms with Crippen molar-refractivity contribution < 1.29 is 9.90 Å². The van der Waals surface area contributed by atoms with Gasteiger partial charge in [0.1, 0.15) is 5.54 Å². The highest BCUT2D eigenvalue weighted by Crippen LogP contribution is 2.37. The van der Waals surface area contributed by atoms with Gasteiger partial charge in [0.15, 0.2) is 0 Å². The Labute approximate surface area is 115 Å². The number of hydrogen-bond acceptors (Lipinski definition) is 3. The van der Waals surface area contributed by atoms with Gasteiger partial charge in [-0.05, 0) is 50.3 Å². The summed E-state index contributed by atoms with van der Waals surface area (Å²) < 4.78 is 0. The SMILES string of the molecule is CCCNC1(C(=O)O)CCC(SCCC(C)C)C1. The molecule has 0 spiro atoms. The summed E-state index contributed by atoms with van der Waals surface area (Å²) in [4.78, 5) is 11.5. The van der Waals surface area contributed by atoms with Gasteiger partial charge < -0.3 is 10.4 Å². The van der Waals surface area contributed by atoms with Crippen LogP contribution in [-0.4, -0.2) is 34.2 Å². The molecule has 4 heteroatoms. The van der Waals surface area contributed by atoms with Gasteiger partial charge in [-0.25, -0.2) is 0 Å². The van der Waals surface area contributed by atoms with Crippen LogP contribution in [0.3, 0.4) is 0 Å². The Bertz CT molecular complexity index is 271. The van der Waals surface area contributed by atoms with E-state index in [0.29, 0.717) is 5.25 Å². The van der Waals surface area contributed by atoms with E-state index in [-0.39, 0.29) is 0 Å². The van der Waals surface area contributed by atoms with Crippen molar-refractivity contribution in [2.24, 2.45) is 5.92 Å². The van der Waals surface area contributed by atoms with Crippen molar-refractivity contribution in [3.8, 4) is 0 Å². The number of rotatable bonds is 8. The molecule has 2 atom stereocenters. The Kier molecular flexibility index (Phi) is 6.50. The molecule has 0 amide bonds. The standard InChI is InChI=1S/C14H27NO2S/c1-4-8-15-14(13(16)17)7-5-12(10-14)18-9-6-11(2)3/h11-12,15H,4-10H2,1-3H3,(H,16,17). The van der Waals surface area contributed by atoms with Crippen LogP contribution < -0.4 is 5.32 Å². The Balaban J connectivity index is 2.42. The normalized spacial score (nSPS) is 27.9. The van der Waals surface area contributed by atoms with Crippen molar-refractivity contribution in [2.45, 2.75) is 63.7 Å². The smallest absolute Gasteiger partial charge is 0.323 e. The molecule has 1 aliphatic rings. The average Bonchev–Trinajstić information content (AvgIpc) is 2.71. The highest BCUT2D eigenvalue weighted by Gasteiger charge is 2.44.